The van der Waals surface area contributed by atoms with Crippen LogP contribution in [0.25, 0.3) is 10.9 Å². The van der Waals surface area contributed by atoms with Gasteiger partial charge < -0.3 is 25.0 Å². The zero-order chi connectivity index (χ0) is 25.5. The predicted molar refractivity (Wildman–Crippen MR) is 145 cm³/mol. The summed E-state index contributed by atoms with van der Waals surface area (Å²) in [6, 6.07) is 23.0. The second kappa shape index (κ2) is 11.7. The third-order valence-corrected chi connectivity index (χ3v) is 6.04. The van der Waals surface area contributed by atoms with Gasteiger partial charge in [-0.05, 0) is 50.4 Å². The number of fused-ring (bicyclic) bond motifs is 1. The van der Waals surface area contributed by atoms with Crippen molar-refractivity contribution in [2.24, 2.45) is 4.99 Å². The predicted octanol–water partition coefficient (Wildman–Crippen LogP) is 4.66. The molecule has 0 fully saturated rings. The van der Waals surface area contributed by atoms with Crippen molar-refractivity contribution in [3.8, 4) is 5.88 Å². The smallest absolute Gasteiger partial charge is 0.251 e. The van der Waals surface area contributed by atoms with Crippen LogP contribution >= 0.6 is 0 Å². The van der Waals surface area contributed by atoms with Gasteiger partial charge in [0.05, 0.1) is 23.6 Å². The van der Waals surface area contributed by atoms with Gasteiger partial charge in [0.2, 0.25) is 0 Å². The molecule has 1 heterocycles. The Morgan fingerprint density at radius 2 is 1.78 bits per heavy atom. The largest absolute Gasteiger partial charge is 0.494 e. The van der Waals surface area contributed by atoms with Crippen molar-refractivity contribution >= 4 is 28.2 Å². The number of hydrogen-bond acceptors (Lipinski definition) is 5. The van der Waals surface area contributed by atoms with Crippen LogP contribution in [0.2, 0.25) is 0 Å². The highest BCUT2D eigenvalue weighted by molar-refractivity contribution is 6.22. The number of methoxy groups -OCH3 is 1. The molecule has 0 spiro atoms. The number of benzene rings is 3. The second-order valence-corrected chi connectivity index (χ2v) is 8.82. The van der Waals surface area contributed by atoms with E-state index < -0.39 is 0 Å². The number of aromatic nitrogens is 1. The summed E-state index contributed by atoms with van der Waals surface area (Å²) >= 11 is 0. The Morgan fingerprint density at radius 3 is 2.50 bits per heavy atom. The fraction of sp³-hybridized carbons (Fsp3) is 0.241. The molecule has 36 heavy (non-hydrogen) atoms. The molecule has 4 rings (SSSR count). The van der Waals surface area contributed by atoms with Crippen LogP contribution < -0.4 is 5.32 Å². The quantitative estimate of drug-likeness (QED) is 0.286. The molecule has 7 nitrogen and oxygen atoms in total. The first-order valence-corrected chi connectivity index (χ1v) is 12.0. The highest BCUT2D eigenvalue weighted by Gasteiger charge is 2.19. The lowest BCUT2D eigenvalue weighted by molar-refractivity contribution is 0.0947. The summed E-state index contributed by atoms with van der Waals surface area (Å²) in [6.07, 6.45) is 0. The fourth-order valence-electron chi connectivity index (χ4n) is 4.03. The first kappa shape index (κ1) is 25.2. The molecule has 1 amide bonds. The van der Waals surface area contributed by atoms with E-state index in [4.69, 9.17) is 9.73 Å². The van der Waals surface area contributed by atoms with Crippen molar-refractivity contribution in [1.82, 2.24) is 15.2 Å². The number of rotatable bonds is 10. The van der Waals surface area contributed by atoms with Gasteiger partial charge in [0.25, 0.3) is 5.91 Å². The number of amides is 1. The Labute approximate surface area is 211 Å². The zero-order valence-electron chi connectivity index (χ0n) is 20.9. The summed E-state index contributed by atoms with van der Waals surface area (Å²) in [4.78, 5) is 22.7. The molecule has 0 saturated carbocycles. The molecule has 0 saturated heterocycles. The van der Waals surface area contributed by atoms with Crippen molar-refractivity contribution in [2.45, 2.75) is 6.92 Å². The van der Waals surface area contributed by atoms with Gasteiger partial charge in [0, 0.05) is 48.8 Å². The van der Waals surface area contributed by atoms with E-state index in [2.05, 4.69) is 15.2 Å². The molecule has 0 aliphatic carbocycles. The number of carbonyl (C=O) groups is 1. The Hall–Kier alpha value is -3.94. The highest BCUT2D eigenvalue weighted by Crippen LogP contribution is 2.32. The minimum atomic E-state index is -0.126. The molecule has 0 radical (unpaired) electrons. The summed E-state index contributed by atoms with van der Waals surface area (Å²) < 4.78 is 5.08. The van der Waals surface area contributed by atoms with Gasteiger partial charge in [-0.2, -0.15) is 0 Å². The zero-order valence-corrected chi connectivity index (χ0v) is 20.9. The molecule has 1 aromatic heterocycles. The van der Waals surface area contributed by atoms with E-state index in [1.165, 1.54) is 0 Å². The number of nitrogens with one attached hydrogen (secondary N) is 2. The molecule has 0 aliphatic rings. The maximum Gasteiger partial charge on any atom is 0.251 e. The number of nitrogens with zero attached hydrogens (tertiary/aromatic N) is 2. The molecular formula is C29H32N4O3. The third kappa shape index (κ3) is 6.00. The lowest BCUT2D eigenvalue weighted by atomic mass is 10.00. The van der Waals surface area contributed by atoms with E-state index in [9.17, 15) is 9.90 Å². The minimum absolute atomic E-state index is 0.0738. The highest BCUT2D eigenvalue weighted by atomic mass is 16.5. The number of hydrogen-bond donors (Lipinski definition) is 3. The van der Waals surface area contributed by atoms with Crippen LogP contribution in [0.15, 0.2) is 77.8 Å². The third-order valence-electron chi connectivity index (χ3n) is 6.04. The van der Waals surface area contributed by atoms with Gasteiger partial charge in [-0.25, -0.2) is 4.99 Å². The van der Waals surface area contributed by atoms with Crippen LogP contribution in [0.4, 0.5) is 5.69 Å². The maximum atomic E-state index is 12.6. The van der Waals surface area contributed by atoms with Crippen LogP contribution in [0, 0.1) is 6.92 Å². The van der Waals surface area contributed by atoms with E-state index in [1.807, 2.05) is 74.6 Å². The number of aliphatic imine (C=N–C) groups is 1. The van der Waals surface area contributed by atoms with E-state index in [0.717, 1.165) is 35.1 Å². The SMILES string of the molecule is COCCN(C)CCNC(=O)c1ccc(N=C(c2ccccc2)c2c(O)[nH]c3ccc(C)cc23)cc1. The lowest BCUT2D eigenvalue weighted by Gasteiger charge is -2.16. The van der Waals surface area contributed by atoms with Crippen LogP contribution in [0.5, 0.6) is 5.88 Å². The van der Waals surface area contributed by atoms with Crippen molar-refractivity contribution in [3.63, 3.8) is 0 Å². The maximum absolute atomic E-state index is 12.6. The Balaban J connectivity index is 1.58. The topological polar surface area (TPSA) is 89.9 Å². The molecule has 0 aliphatic heterocycles. The number of aryl methyl sites for hydroxylation is 1. The fourth-order valence-corrected chi connectivity index (χ4v) is 4.03. The monoisotopic (exact) mass is 484 g/mol. The number of ether oxygens (including phenoxy) is 1. The standard InChI is InChI=1S/C29H32N4O3/c1-20-9-14-25-24(19-20)26(29(35)32-25)27(21-7-5-4-6-8-21)31-23-12-10-22(11-13-23)28(34)30-15-16-33(2)17-18-36-3/h4-14,19,32,35H,15-18H2,1-3H3,(H,30,34). The average Bonchev–Trinajstić information content (AvgIpc) is 3.21. The molecule has 0 unspecified atom stereocenters. The van der Waals surface area contributed by atoms with Gasteiger partial charge in [0.1, 0.15) is 0 Å². The Morgan fingerprint density at radius 1 is 1.03 bits per heavy atom. The molecule has 4 aromatic rings. The molecular weight excluding hydrogens is 452 g/mol. The summed E-state index contributed by atoms with van der Waals surface area (Å²) in [7, 11) is 3.67. The van der Waals surface area contributed by atoms with Crippen LogP contribution in [0.1, 0.15) is 27.0 Å². The van der Waals surface area contributed by atoms with E-state index in [-0.39, 0.29) is 11.8 Å². The summed E-state index contributed by atoms with van der Waals surface area (Å²) in [5, 5.41) is 14.7. The van der Waals surface area contributed by atoms with Crippen molar-refractivity contribution in [1.29, 1.82) is 0 Å². The number of aromatic hydroxyl groups is 1. The lowest BCUT2D eigenvalue weighted by Crippen LogP contribution is -2.34. The number of H-pyrrole nitrogens is 1. The number of aromatic amines is 1. The summed E-state index contributed by atoms with van der Waals surface area (Å²) in [5.74, 6) is -0.0524. The first-order chi connectivity index (χ1) is 17.5. The van der Waals surface area contributed by atoms with Gasteiger partial charge in [0.15, 0.2) is 5.88 Å². The molecule has 0 bridgehead atoms. The van der Waals surface area contributed by atoms with Gasteiger partial charge in [-0.15, -0.1) is 0 Å². The molecule has 3 N–H and O–H groups in total. The van der Waals surface area contributed by atoms with E-state index in [1.54, 1.807) is 19.2 Å². The summed E-state index contributed by atoms with van der Waals surface area (Å²) in [5.41, 5.74) is 5.38. The normalized spacial score (nSPS) is 11.8. The Bertz CT molecular complexity index is 1340. The van der Waals surface area contributed by atoms with E-state index in [0.29, 0.717) is 35.7 Å². The minimum Gasteiger partial charge on any atom is -0.494 e. The van der Waals surface area contributed by atoms with Crippen molar-refractivity contribution in [2.75, 3.05) is 40.4 Å². The van der Waals surface area contributed by atoms with E-state index >= 15 is 0 Å². The van der Waals surface area contributed by atoms with Crippen molar-refractivity contribution in [3.05, 3.63) is 95.1 Å². The molecule has 7 heteroatoms. The number of likely N-dealkylation sites (N-methyl/N-ethyl adjacent to an activating group) is 1. The van der Waals surface area contributed by atoms with Crippen molar-refractivity contribution < 1.29 is 14.6 Å². The summed E-state index contributed by atoms with van der Waals surface area (Å²) in [6.45, 7) is 4.79. The Kier molecular flexibility index (Phi) is 8.15. The van der Waals surface area contributed by atoms with Gasteiger partial charge in [-0.3, -0.25) is 4.79 Å². The molecule has 3 aromatic carbocycles. The number of carbonyl (C=O) groups excluding carboxylic acids is 1. The molecule has 186 valence electrons. The van der Waals surface area contributed by atoms with Gasteiger partial charge in [-0.1, -0.05) is 42.0 Å². The molecule has 0 atom stereocenters. The average molecular weight is 485 g/mol. The van der Waals surface area contributed by atoms with Gasteiger partial charge >= 0.3 is 0 Å². The van der Waals surface area contributed by atoms with Crippen LogP contribution in [0.3, 0.4) is 0 Å². The van der Waals surface area contributed by atoms with Crippen LogP contribution in [-0.2, 0) is 4.74 Å². The second-order valence-electron chi connectivity index (χ2n) is 8.82. The van der Waals surface area contributed by atoms with Crippen LogP contribution in [-0.4, -0.2) is 67.0 Å². The first-order valence-electron chi connectivity index (χ1n) is 12.0.